The first-order valence-corrected chi connectivity index (χ1v) is 6.75. The number of piperidine rings is 1. The maximum Gasteiger partial charge on any atom is 0.405 e. The maximum atomic E-state index is 11.9. The largest absolute Gasteiger partial charge is 0.405 e. The lowest BCUT2D eigenvalue weighted by atomic mass is 9.99. The summed E-state index contributed by atoms with van der Waals surface area (Å²) in [6.45, 7) is 2.97. The van der Waals surface area contributed by atoms with Crippen LogP contribution < -0.4 is 10.6 Å². The zero-order chi connectivity index (χ0) is 15.2. The third-order valence-electron chi connectivity index (χ3n) is 3.29. The van der Waals surface area contributed by atoms with Gasteiger partial charge < -0.3 is 20.6 Å². The number of hydrogen-bond acceptors (Lipinski definition) is 3. The first-order valence-electron chi connectivity index (χ1n) is 6.75. The fraction of sp³-hybridized carbons (Fsp3) is 0.917. The molecule has 0 bridgehead atoms. The van der Waals surface area contributed by atoms with Gasteiger partial charge in [-0.2, -0.15) is 13.2 Å². The van der Waals surface area contributed by atoms with E-state index in [0.717, 1.165) is 25.9 Å². The molecule has 1 heterocycles. The fourth-order valence-corrected chi connectivity index (χ4v) is 2.06. The summed E-state index contributed by atoms with van der Waals surface area (Å²) in [5.41, 5.74) is 0. The summed E-state index contributed by atoms with van der Waals surface area (Å²) in [5.74, 6) is 0.690. The van der Waals surface area contributed by atoms with Crippen molar-refractivity contribution >= 4 is 6.03 Å². The van der Waals surface area contributed by atoms with E-state index in [9.17, 15) is 23.1 Å². The Morgan fingerprint density at radius 2 is 1.95 bits per heavy atom. The smallest absolute Gasteiger partial charge is 0.390 e. The van der Waals surface area contributed by atoms with Crippen molar-refractivity contribution in [1.29, 1.82) is 0 Å². The van der Waals surface area contributed by atoms with Crippen molar-refractivity contribution in [3.05, 3.63) is 0 Å². The Morgan fingerprint density at radius 3 is 2.50 bits per heavy atom. The highest BCUT2D eigenvalue weighted by molar-refractivity contribution is 5.73. The van der Waals surface area contributed by atoms with Gasteiger partial charge in [-0.3, -0.25) is 0 Å². The standard InChI is InChI=1S/C12H22F3N3O2/c1-9-2-4-18(5-3-9)7-10(19)6-16-11(20)17-8-12(13,14)15/h9-10,19H,2-8H2,1H3,(H2,16,17,20)/t10-/m1/s1. The van der Waals surface area contributed by atoms with Crippen molar-refractivity contribution in [2.24, 2.45) is 5.92 Å². The second kappa shape index (κ2) is 7.68. The van der Waals surface area contributed by atoms with Gasteiger partial charge in [0.2, 0.25) is 0 Å². The van der Waals surface area contributed by atoms with E-state index in [2.05, 4.69) is 17.1 Å². The van der Waals surface area contributed by atoms with Gasteiger partial charge in [-0.05, 0) is 31.8 Å². The topological polar surface area (TPSA) is 64.6 Å². The van der Waals surface area contributed by atoms with Crippen molar-refractivity contribution in [1.82, 2.24) is 15.5 Å². The summed E-state index contributed by atoms with van der Waals surface area (Å²) in [5, 5.41) is 13.7. The Kier molecular flexibility index (Phi) is 6.54. The number of hydrogen-bond donors (Lipinski definition) is 3. The number of rotatable bonds is 5. The van der Waals surface area contributed by atoms with E-state index in [1.807, 2.05) is 0 Å². The van der Waals surface area contributed by atoms with Crippen LogP contribution in [0.4, 0.5) is 18.0 Å². The van der Waals surface area contributed by atoms with E-state index in [1.54, 1.807) is 5.32 Å². The summed E-state index contributed by atoms with van der Waals surface area (Å²) in [6.07, 6.45) is -3.06. The highest BCUT2D eigenvalue weighted by atomic mass is 19.4. The molecule has 118 valence electrons. The third kappa shape index (κ3) is 7.54. The van der Waals surface area contributed by atoms with Crippen LogP contribution in [-0.2, 0) is 0 Å². The normalized spacial score (nSPS) is 19.6. The second-order valence-corrected chi connectivity index (χ2v) is 5.32. The van der Waals surface area contributed by atoms with Crippen LogP contribution in [-0.4, -0.2) is 61.0 Å². The number of carbonyl (C=O) groups is 1. The van der Waals surface area contributed by atoms with E-state index in [1.165, 1.54) is 0 Å². The number of nitrogens with zero attached hydrogens (tertiary/aromatic N) is 1. The zero-order valence-corrected chi connectivity index (χ0v) is 11.5. The second-order valence-electron chi connectivity index (χ2n) is 5.32. The lowest BCUT2D eigenvalue weighted by Crippen LogP contribution is -2.46. The number of halogens is 3. The Morgan fingerprint density at radius 1 is 1.35 bits per heavy atom. The highest BCUT2D eigenvalue weighted by Crippen LogP contribution is 2.15. The molecule has 1 saturated heterocycles. The van der Waals surface area contributed by atoms with E-state index < -0.39 is 24.9 Å². The molecule has 0 aromatic rings. The lowest BCUT2D eigenvalue weighted by molar-refractivity contribution is -0.122. The molecule has 0 unspecified atom stereocenters. The van der Waals surface area contributed by atoms with Gasteiger partial charge in [0, 0.05) is 13.1 Å². The van der Waals surface area contributed by atoms with Gasteiger partial charge in [-0.15, -0.1) is 0 Å². The van der Waals surface area contributed by atoms with Gasteiger partial charge in [0.1, 0.15) is 6.54 Å². The number of β-amino-alcohol motifs (C(OH)–C–C–N with tert-alkyl or cyclic N) is 1. The molecule has 0 aromatic heterocycles. The number of amides is 2. The van der Waals surface area contributed by atoms with Gasteiger partial charge in [0.25, 0.3) is 0 Å². The SMILES string of the molecule is CC1CCN(C[C@H](O)CNC(=O)NCC(F)(F)F)CC1. The van der Waals surface area contributed by atoms with Gasteiger partial charge in [0.15, 0.2) is 0 Å². The predicted molar refractivity (Wildman–Crippen MR) is 68.3 cm³/mol. The number of carbonyl (C=O) groups excluding carboxylic acids is 1. The molecule has 0 spiro atoms. The zero-order valence-electron chi connectivity index (χ0n) is 11.5. The molecule has 1 aliphatic heterocycles. The highest BCUT2D eigenvalue weighted by Gasteiger charge is 2.27. The molecular weight excluding hydrogens is 275 g/mol. The van der Waals surface area contributed by atoms with Crippen molar-refractivity contribution in [3.8, 4) is 0 Å². The van der Waals surface area contributed by atoms with Gasteiger partial charge in [-0.25, -0.2) is 4.79 Å². The lowest BCUT2D eigenvalue weighted by Gasteiger charge is -2.31. The third-order valence-corrected chi connectivity index (χ3v) is 3.29. The van der Waals surface area contributed by atoms with Crippen LogP contribution in [0.5, 0.6) is 0 Å². The quantitative estimate of drug-likeness (QED) is 0.707. The number of alkyl halides is 3. The number of urea groups is 1. The van der Waals surface area contributed by atoms with Crippen molar-refractivity contribution < 1.29 is 23.1 Å². The van der Waals surface area contributed by atoms with Crippen LogP contribution in [0.1, 0.15) is 19.8 Å². The van der Waals surface area contributed by atoms with Crippen LogP contribution in [0.3, 0.4) is 0 Å². The summed E-state index contributed by atoms with van der Waals surface area (Å²) in [6, 6.07) is -0.923. The Hall–Kier alpha value is -1.02. The molecule has 0 radical (unpaired) electrons. The van der Waals surface area contributed by atoms with Gasteiger partial charge in [-0.1, -0.05) is 6.92 Å². The van der Waals surface area contributed by atoms with Gasteiger partial charge in [0.05, 0.1) is 6.10 Å². The molecule has 0 saturated carbocycles. The van der Waals surface area contributed by atoms with Crippen LogP contribution >= 0.6 is 0 Å². The predicted octanol–water partition coefficient (Wildman–Crippen LogP) is 0.941. The Balaban J connectivity index is 2.13. The molecule has 1 rings (SSSR count). The molecular formula is C12H22F3N3O2. The Labute approximate surface area is 116 Å². The molecule has 3 N–H and O–H groups in total. The summed E-state index contributed by atoms with van der Waals surface area (Å²) >= 11 is 0. The molecule has 8 heteroatoms. The average molecular weight is 297 g/mol. The maximum absolute atomic E-state index is 11.9. The number of likely N-dealkylation sites (tertiary alicyclic amines) is 1. The van der Waals surface area contributed by atoms with E-state index in [0.29, 0.717) is 12.5 Å². The summed E-state index contributed by atoms with van der Waals surface area (Å²) in [7, 11) is 0. The van der Waals surface area contributed by atoms with E-state index in [-0.39, 0.29) is 6.54 Å². The number of aliphatic hydroxyl groups excluding tert-OH is 1. The monoisotopic (exact) mass is 297 g/mol. The van der Waals surface area contributed by atoms with E-state index >= 15 is 0 Å². The van der Waals surface area contributed by atoms with Crippen LogP contribution in [0.25, 0.3) is 0 Å². The van der Waals surface area contributed by atoms with Crippen molar-refractivity contribution in [3.63, 3.8) is 0 Å². The molecule has 1 aliphatic rings. The molecule has 0 aromatic carbocycles. The molecule has 2 amide bonds. The fourth-order valence-electron chi connectivity index (χ4n) is 2.06. The van der Waals surface area contributed by atoms with Crippen molar-refractivity contribution in [2.45, 2.75) is 32.0 Å². The first-order chi connectivity index (χ1) is 9.26. The van der Waals surface area contributed by atoms with Gasteiger partial charge >= 0.3 is 12.2 Å². The molecule has 0 aliphatic carbocycles. The first kappa shape index (κ1) is 17.0. The minimum atomic E-state index is -4.43. The van der Waals surface area contributed by atoms with E-state index in [4.69, 9.17) is 0 Å². The van der Waals surface area contributed by atoms with Crippen molar-refractivity contribution in [2.75, 3.05) is 32.7 Å². The summed E-state index contributed by atoms with van der Waals surface area (Å²) in [4.78, 5) is 13.2. The molecule has 5 nitrogen and oxygen atoms in total. The molecule has 1 atom stereocenters. The minimum Gasteiger partial charge on any atom is -0.390 e. The summed E-state index contributed by atoms with van der Waals surface area (Å²) < 4.78 is 35.6. The number of nitrogens with one attached hydrogen (secondary N) is 2. The minimum absolute atomic E-state index is 0.0598. The van der Waals surface area contributed by atoms with Crippen LogP contribution in [0.15, 0.2) is 0 Å². The van der Waals surface area contributed by atoms with Crippen LogP contribution in [0, 0.1) is 5.92 Å². The Bertz CT molecular complexity index is 305. The molecule has 1 fully saturated rings. The number of aliphatic hydroxyl groups is 1. The van der Waals surface area contributed by atoms with Crippen LogP contribution in [0.2, 0.25) is 0 Å². The average Bonchev–Trinajstić information content (AvgIpc) is 2.36. The molecule has 20 heavy (non-hydrogen) atoms.